The lowest BCUT2D eigenvalue weighted by Crippen LogP contribution is -2.59. The first kappa shape index (κ1) is 27.5. The van der Waals surface area contributed by atoms with E-state index in [-0.39, 0.29) is 34.7 Å². The van der Waals surface area contributed by atoms with Gasteiger partial charge >= 0.3 is 0 Å². The van der Waals surface area contributed by atoms with Crippen LogP contribution >= 0.6 is 0 Å². The predicted octanol–water partition coefficient (Wildman–Crippen LogP) is 3.60. The number of halogens is 2. The Kier molecular flexibility index (Phi) is 7.97. The number of rotatable bonds is 4. The van der Waals surface area contributed by atoms with Gasteiger partial charge in [0.05, 0.1) is 12.0 Å². The summed E-state index contributed by atoms with van der Waals surface area (Å²) in [7, 11) is 0. The van der Waals surface area contributed by atoms with E-state index in [1.807, 2.05) is 11.8 Å². The van der Waals surface area contributed by atoms with E-state index in [4.69, 9.17) is 5.73 Å². The molecule has 2 fully saturated rings. The summed E-state index contributed by atoms with van der Waals surface area (Å²) in [6, 6.07) is 2.88. The van der Waals surface area contributed by atoms with E-state index in [0.717, 1.165) is 6.07 Å². The molecule has 2 saturated heterocycles. The molecule has 4 atom stereocenters. The number of benzene rings is 1. The number of hydrogen-bond acceptors (Lipinski definition) is 4. The first-order chi connectivity index (χ1) is 16.1. The van der Waals surface area contributed by atoms with Crippen LogP contribution in [0.25, 0.3) is 0 Å². The van der Waals surface area contributed by atoms with Crippen molar-refractivity contribution in [2.45, 2.75) is 78.4 Å². The Morgan fingerprint density at radius 2 is 1.71 bits per heavy atom. The molecule has 3 rings (SSSR count). The van der Waals surface area contributed by atoms with Crippen LogP contribution in [-0.2, 0) is 9.59 Å². The second-order valence-electron chi connectivity index (χ2n) is 12.5. The van der Waals surface area contributed by atoms with Crippen molar-refractivity contribution in [3.63, 3.8) is 0 Å². The average molecular weight is 493 g/mol. The summed E-state index contributed by atoms with van der Waals surface area (Å²) in [5.41, 5.74) is 6.34. The van der Waals surface area contributed by atoms with Gasteiger partial charge in [0.15, 0.2) is 0 Å². The van der Waals surface area contributed by atoms with Gasteiger partial charge in [-0.25, -0.2) is 8.78 Å². The van der Waals surface area contributed by atoms with Crippen molar-refractivity contribution in [3.05, 3.63) is 35.4 Å². The van der Waals surface area contributed by atoms with Crippen molar-refractivity contribution in [1.82, 2.24) is 14.7 Å². The summed E-state index contributed by atoms with van der Waals surface area (Å²) in [4.78, 5) is 32.5. The van der Waals surface area contributed by atoms with Gasteiger partial charge in [-0.05, 0) is 51.2 Å². The van der Waals surface area contributed by atoms with Crippen molar-refractivity contribution in [1.29, 1.82) is 0 Å². The average Bonchev–Trinajstić information content (AvgIpc) is 3.17. The van der Waals surface area contributed by atoms with Crippen LogP contribution in [0.2, 0.25) is 0 Å². The van der Waals surface area contributed by atoms with Gasteiger partial charge in [0.25, 0.3) is 0 Å². The van der Waals surface area contributed by atoms with Gasteiger partial charge in [-0.1, -0.05) is 26.8 Å². The minimum atomic E-state index is -0.626. The van der Waals surface area contributed by atoms with Crippen molar-refractivity contribution in [2.75, 3.05) is 32.7 Å². The third-order valence-corrected chi connectivity index (χ3v) is 7.32. The summed E-state index contributed by atoms with van der Waals surface area (Å²) in [6.07, 6.45) is 0.592. The fourth-order valence-corrected chi connectivity index (χ4v) is 5.40. The molecule has 0 unspecified atom stereocenters. The first-order valence-corrected chi connectivity index (χ1v) is 12.6. The SMILES string of the molecule is C[C@H]1CN(C(=O)[C@@H](N)CC(C)(C)C)CCN1C(=O)[C@@H]1CN(C(C)(C)C)C[C@H]1c1ccc(F)cc1F. The number of hydrogen-bond donors (Lipinski definition) is 1. The Balaban J connectivity index is 1.77. The molecule has 35 heavy (non-hydrogen) atoms. The van der Waals surface area contributed by atoms with Gasteiger partial charge in [-0.15, -0.1) is 0 Å². The number of piperazine rings is 1. The number of carbonyl (C=O) groups excluding carboxylic acids is 2. The number of carbonyl (C=O) groups is 2. The molecule has 2 amide bonds. The topological polar surface area (TPSA) is 69.9 Å². The number of likely N-dealkylation sites (tertiary alicyclic amines) is 1. The molecule has 2 N–H and O–H groups in total. The maximum atomic E-state index is 14.8. The van der Waals surface area contributed by atoms with Gasteiger partial charge < -0.3 is 15.5 Å². The van der Waals surface area contributed by atoms with Crippen molar-refractivity contribution >= 4 is 11.8 Å². The zero-order valence-corrected chi connectivity index (χ0v) is 22.3. The maximum Gasteiger partial charge on any atom is 0.239 e. The van der Waals surface area contributed by atoms with E-state index in [2.05, 4.69) is 46.4 Å². The van der Waals surface area contributed by atoms with E-state index < -0.39 is 23.6 Å². The van der Waals surface area contributed by atoms with E-state index in [1.165, 1.54) is 12.1 Å². The Morgan fingerprint density at radius 1 is 1.06 bits per heavy atom. The predicted molar refractivity (Wildman–Crippen MR) is 134 cm³/mol. The third-order valence-electron chi connectivity index (χ3n) is 7.32. The Morgan fingerprint density at radius 3 is 2.26 bits per heavy atom. The Hall–Kier alpha value is -2.06. The molecule has 8 heteroatoms. The normalized spacial score (nSPS) is 25.1. The lowest BCUT2D eigenvalue weighted by Gasteiger charge is -2.42. The van der Waals surface area contributed by atoms with Crippen LogP contribution in [0.1, 0.15) is 66.4 Å². The molecular formula is C27H42F2N4O2. The van der Waals surface area contributed by atoms with Crippen molar-refractivity contribution in [3.8, 4) is 0 Å². The fraction of sp³-hybridized carbons (Fsp3) is 0.704. The highest BCUT2D eigenvalue weighted by Gasteiger charge is 2.46. The summed E-state index contributed by atoms with van der Waals surface area (Å²) < 4.78 is 28.4. The quantitative estimate of drug-likeness (QED) is 0.697. The molecule has 0 spiro atoms. The molecule has 0 bridgehead atoms. The zero-order valence-electron chi connectivity index (χ0n) is 22.3. The molecule has 1 aromatic carbocycles. The second-order valence-corrected chi connectivity index (χ2v) is 12.5. The van der Waals surface area contributed by atoms with Crippen LogP contribution in [0.4, 0.5) is 8.78 Å². The zero-order chi connectivity index (χ0) is 26.3. The molecule has 0 saturated carbocycles. The lowest BCUT2D eigenvalue weighted by atomic mass is 9.87. The lowest BCUT2D eigenvalue weighted by molar-refractivity contribution is -0.146. The van der Waals surface area contributed by atoms with Crippen LogP contribution in [0.3, 0.4) is 0 Å². The molecule has 2 aliphatic rings. The highest BCUT2D eigenvalue weighted by Crippen LogP contribution is 2.39. The van der Waals surface area contributed by atoms with E-state index in [9.17, 15) is 18.4 Å². The molecule has 2 heterocycles. The Bertz CT molecular complexity index is 940. The molecular weight excluding hydrogens is 450 g/mol. The standard InChI is InChI=1S/C27H42F2N4O2/c1-17-14-31(25(35)23(30)13-26(2,3)4)10-11-33(17)24(34)21-16-32(27(5,6)7)15-20(21)19-9-8-18(28)12-22(19)29/h8-9,12,17,20-21,23H,10-11,13-16,30H2,1-7H3/t17-,20-,21+,23-/m0/s1. The van der Waals surface area contributed by atoms with Gasteiger partial charge in [0, 0.05) is 56.3 Å². The summed E-state index contributed by atoms with van der Waals surface area (Å²) >= 11 is 0. The molecule has 0 aliphatic carbocycles. The molecule has 2 aliphatic heterocycles. The van der Waals surface area contributed by atoms with Crippen molar-refractivity contribution < 1.29 is 18.4 Å². The van der Waals surface area contributed by atoms with E-state index in [1.54, 1.807) is 4.90 Å². The highest BCUT2D eigenvalue weighted by molar-refractivity contribution is 5.83. The summed E-state index contributed by atoms with van der Waals surface area (Å²) in [6.45, 7) is 16.6. The number of amides is 2. The third kappa shape index (κ3) is 6.39. The highest BCUT2D eigenvalue weighted by atomic mass is 19.1. The molecule has 6 nitrogen and oxygen atoms in total. The molecule has 0 aromatic heterocycles. The first-order valence-electron chi connectivity index (χ1n) is 12.6. The largest absolute Gasteiger partial charge is 0.338 e. The minimum absolute atomic E-state index is 0.0379. The monoisotopic (exact) mass is 492 g/mol. The molecule has 196 valence electrons. The smallest absolute Gasteiger partial charge is 0.239 e. The van der Waals surface area contributed by atoms with Gasteiger partial charge in [0.2, 0.25) is 11.8 Å². The van der Waals surface area contributed by atoms with E-state index in [0.29, 0.717) is 44.7 Å². The van der Waals surface area contributed by atoms with Gasteiger partial charge in [0.1, 0.15) is 11.6 Å². The van der Waals surface area contributed by atoms with E-state index >= 15 is 0 Å². The van der Waals surface area contributed by atoms with Gasteiger partial charge in [-0.2, -0.15) is 0 Å². The fourth-order valence-electron chi connectivity index (χ4n) is 5.40. The number of nitrogens with two attached hydrogens (primary N) is 1. The van der Waals surface area contributed by atoms with Crippen LogP contribution in [0.15, 0.2) is 18.2 Å². The second kappa shape index (κ2) is 10.1. The minimum Gasteiger partial charge on any atom is -0.338 e. The van der Waals surface area contributed by atoms with Crippen LogP contribution in [-0.4, -0.2) is 76.9 Å². The molecule has 1 aromatic rings. The van der Waals surface area contributed by atoms with Crippen molar-refractivity contribution in [2.24, 2.45) is 17.1 Å². The van der Waals surface area contributed by atoms with Crippen LogP contribution in [0.5, 0.6) is 0 Å². The van der Waals surface area contributed by atoms with Crippen LogP contribution < -0.4 is 5.73 Å². The molecule has 0 radical (unpaired) electrons. The maximum absolute atomic E-state index is 14.8. The summed E-state index contributed by atoms with van der Waals surface area (Å²) in [5, 5.41) is 0. The van der Waals surface area contributed by atoms with Gasteiger partial charge in [-0.3, -0.25) is 14.5 Å². The van der Waals surface area contributed by atoms with Crippen LogP contribution in [0, 0.1) is 23.0 Å². The summed E-state index contributed by atoms with van der Waals surface area (Å²) in [5.74, 6) is -2.16. The number of nitrogens with zero attached hydrogens (tertiary/aromatic N) is 3. The Labute approximate surface area is 208 Å².